The molecular formula is C18H22N6O. The van der Waals surface area contributed by atoms with Crippen LogP contribution in [-0.4, -0.2) is 29.3 Å². The average molecular weight is 338 g/mol. The summed E-state index contributed by atoms with van der Waals surface area (Å²) in [6, 6.07) is 11.6. The molecule has 0 spiro atoms. The summed E-state index contributed by atoms with van der Waals surface area (Å²) < 4.78 is 1.53. The third-order valence-electron chi connectivity index (χ3n) is 3.71. The van der Waals surface area contributed by atoms with Crippen molar-refractivity contribution in [1.29, 1.82) is 5.26 Å². The van der Waals surface area contributed by atoms with Crippen LogP contribution in [-0.2, 0) is 6.54 Å². The lowest BCUT2D eigenvalue weighted by Gasteiger charge is -2.10. The zero-order valence-corrected chi connectivity index (χ0v) is 14.5. The van der Waals surface area contributed by atoms with Gasteiger partial charge in [0.25, 0.3) is 5.56 Å². The third-order valence-corrected chi connectivity index (χ3v) is 3.71. The number of unbranched alkanes of at least 4 members (excludes halogenated alkanes) is 1. The van der Waals surface area contributed by atoms with E-state index in [-0.39, 0.29) is 5.56 Å². The van der Waals surface area contributed by atoms with Gasteiger partial charge < -0.3 is 5.32 Å². The molecular weight excluding hydrogens is 316 g/mol. The number of nitrogens with zero attached hydrogens (tertiary/aromatic N) is 4. The fourth-order valence-corrected chi connectivity index (χ4v) is 2.40. The van der Waals surface area contributed by atoms with Gasteiger partial charge in [-0.3, -0.25) is 15.1 Å². The molecule has 130 valence electrons. The number of nitrogens with one attached hydrogen (secondary N) is 2. The molecule has 0 aliphatic heterocycles. The quantitative estimate of drug-likeness (QED) is 0.274. The first kappa shape index (κ1) is 18.2. The molecule has 0 aliphatic rings. The molecule has 25 heavy (non-hydrogen) atoms. The Balaban J connectivity index is 1.97. The number of aromatic nitrogens is 2. The maximum atomic E-state index is 12.3. The Morgan fingerprint density at radius 1 is 1.32 bits per heavy atom. The second-order valence-corrected chi connectivity index (χ2v) is 5.55. The molecule has 1 aromatic heterocycles. The van der Waals surface area contributed by atoms with Crippen LogP contribution in [0.3, 0.4) is 0 Å². The van der Waals surface area contributed by atoms with E-state index in [1.165, 1.54) is 4.68 Å². The van der Waals surface area contributed by atoms with E-state index < -0.39 is 0 Å². The number of hydrogen-bond donors (Lipinski definition) is 2. The molecule has 0 amide bonds. The smallest absolute Gasteiger partial charge is 0.269 e. The van der Waals surface area contributed by atoms with Crippen LogP contribution in [0.1, 0.15) is 18.4 Å². The molecule has 0 radical (unpaired) electrons. The minimum atomic E-state index is -0.0606. The van der Waals surface area contributed by atoms with Crippen molar-refractivity contribution in [3.8, 4) is 17.5 Å². The molecule has 0 unspecified atom stereocenters. The third kappa shape index (κ3) is 5.18. The molecule has 1 heterocycles. The summed E-state index contributed by atoms with van der Waals surface area (Å²) in [7, 11) is 1.61. The van der Waals surface area contributed by atoms with Gasteiger partial charge in [-0.05, 0) is 25.8 Å². The standard InChI is InChI=1S/C18H22N6O/c1-14-12-16(15-8-4-3-5-9-15)23-24(17(14)25)11-7-6-10-21-18(20-2)22-13-19/h3-5,8-9,12H,6-7,10-11H2,1-2H3,(H2,20,21,22). The second kappa shape index (κ2) is 9.23. The van der Waals surface area contributed by atoms with Gasteiger partial charge >= 0.3 is 0 Å². The molecule has 0 aliphatic carbocycles. The Kier molecular flexibility index (Phi) is 6.72. The van der Waals surface area contributed by atoms with Crippen LogP contribution in [0, 0.1) is 18.4 Å². The summed E-state index contributed by atoms with van der Waals surface area (Å²) in [6.07, 6.45) is 3.44. The van der Waals surface area contributed by atoms with Crippen molar-refractivity contribution in [1.82, 2.24) is 20.4 Å². The van der Waals surface area contributed by atoms with Crippen molar-refractivity contribution in [2.45, 2.75) is 26.3 Å². The summed E-state index contributed by atoms with van der Waals surface area (Å²) in [4.78, 5) is 16.2. The highest BCUT2D eigenvalue weighted by Crippen LogP contribution is 2.15. The average Bonchev–Trinajstić information content (AvgIpc) is 2.64. The van der Waals surface area contributed by atoms with E-state index in [2.05, 4.69) is 20.7 Å². The molecule has 7 nitrogen and oxygen atoms in total. The van der Waals surface area contributed by atoms with E-state index in [1.807, 2.05) is 49.5 Å². The zero-order valence-electron chi connectivity index (χ0n) is 14.5. The van der Waals surface area contributed by atoms with E-state index in [4.69, 9.17) is 5.26 Å². The summed E-state index contributed by atoms with van der Waals surface area (Å²) in [6.45, 7) is 3.02. The number of benzene rings is 1. The van der Waals surface area contributed by atoms with Crippen LogP contribution >= 0.6 is 0 Å². The molecule has 7 heteroatoms. The van der Waals surface area contributed by atoms with Crippen LogP contribution in [0.5, 0.6) is 0 Å². The Hall–Kier alpha value is -3.14. The number of hydrogen-bond acceptors (Lipinski definition) is 4. The maximum Gasteiger partial charge on any atom is 0.269 e. The van der Waals surface area contributed by atoms with Crippen molar-refractivity contribution in [2.75, 3.05) is 13.6 Å². The van der Waals surface area contributed by atoms with E-state index in [0.717, 1.165) is 24.1 Å². The lowest BCUT2D eigenvalue weighted by Crippen LogP contribution is -2.35. The molecule has 0 saturated heterocycles. The fraction of sp³-hybridized carbons (Fsp3) is 0.333. The lowest BCUT2D eigenvalue weighted by atomic mass is 10.1. The Bertz CT molecular complexity index is 820. The fourth-order valence-electron chi connectivity index (χ4n) is 2.40. The molecule has 0 atom stereocenters. The number of aryl methyl sites for hydroxylation is 2. The molecule has 1 aromatic carbocycles. The van der Waals surface area contributed by atoms with Crippen molar-refractivity contribution in [3.05, 3.63) is 52.3 Å². The monoisotopic (exact) mass is 338 g/mol. The lowest BCUT2D eigenvalue weighted by molar-refractivity contribution is 0.528. The molecule has 2 N–H and O–H groups in total. The van der Waals surface area contributed by atoms with Gasteiger partial charge in [-0.25, -0.2) is 4.68 Å². The van der Waals surface area contributed by atoms with E-state index >= 15 is 0 Å². The molecule has 0 saturated carbocycles. The highest BCUT2D eigenvalue weighted by Gasteiger charge is 2.07. The molecule has 0 fully saturated rings. The highest BCUT2D eigenvalue weighted by molar-refractivity contribution is 5.80. The van der Waals surface area contributed by atoms with Gasteiger partial charge in [0.1, 0.15) is 0 Å². The number of guanidine groups is 1. The van der Waals surface area contributed by atoms with Crippen molar-refractivity contribution >= 4 is 5.96 Å². The summed E-state index contributed by atoms with van der Waals surface area (Å²) in [5.41, 5.74) is 2.42. The topological polar surface area (TPSA) is 95.1 Å². The Labute approximate surface area is 147 Å². The van der Waals surface area contributed by atoms with Gasteiger partial charge in [0, 0.05) is 31.3 Å². The minimum Gasteiger partial charge on any atom is -0.356 e. The van der Waals surface area contributed by atoms with Crippen molar-refractivity contribution in [3.63, 3.8) is 0 Å². The summed E-state index contributed by atoms with van der Waals surface area (Å²) in [5.74, 6) is 0.444. The van der Waals surface area contributed by atoms with Gasteiger partial charge in [-0.15, -0.1) is 0 Å². The van der Waals surface area contributed by atoms with Gasteiger partial charge in [0.05, 0.1) is 5.69 Å². The largest absolute Gasteiger partial charge is 0.356 e. The number of aliphatic imine (C=N–C) groups is 1. The van der Waals surface area contributed by atoms with E-state index in [0.29, 0.717) is 24.6 Å². The Morgan fingerprint density at radius 2 is 2.08 bits per heavy atom. The van der Waals surface area contributed by atoms with Crippen molar-refractivity contribution in [2.24, 2.45) is 4.99 Å². The van der Waals surface area contributed by atoms with E-state index in [9.17, 15) is 4.79 Å². The second-order valence-electron chi connectivity index (χ2n) is 5.55. The predicted octanol–water partition coefficient (Wildman–Crippen LogP) is 1.64. The number of nitriles is 1. The van der Waals surface area contributed by atoms with Gasteiger partial charge in [-0.1, -0.05) is 30.3 Å². The minimum absolute atomic E-state index is 0.0606. The molecule has 2 aromatic rings. The van der Waals surface area contributed by atoms with E-state index in [1.54, 1.807) is 7.05 Å². The first-order chi connectivity index (χ1) is 12.2. The van der Waals surface area contributed by atoms with Crippen LogP contribution < -0.4 is 16.2 Å². The Morgan fingerprint density at radius 3 is 2.76 bits per heavy atom. The predicted molar refractivity (Wildman–Crippen MR) is 98.0 cm³/mol. The zero-order chi connectivity index (χ0) is 18.1. The molecule has 0 bridgehead atoms. The van der Waals surface area contributed by atoms with Gasteiger partial charge in [0.15, 0.2) is 6.19 Å². The normalized spacial score (nSPS) is 11.0. The maximum absolute atomic E-state index is 12.3. The summed E-state index contributed by atoms with van der Waals surface area (Å²) >= 11 is 0. The van der Waals surface area contributed by atoms with Gasteiger partial charge in [0.2, 0.25) is 5.96 Å². The van der Waals surface area contributed by atoms with Crippen LogP contribution in [0.15, 0.2) is 46.2 Å². The SMILES string of the molecule is CN=C(NC#N)NCCCCn1nc(-c2ccccc2)cc(C)c1=O. The number of rotatable bonds is 6. The van der Waals surface area contributed by atoms with Gasteiger partial charge in [-0.2, -0.15) is 10.4 Å². The molecule has 2 rings (SSSR count). The summed E-state index contributed by atoms with van der Waals surface area (Å²) in [5, 5.41) is 18.5. The van der Waals surface area contributed by atoms with Crippen molar-refractivity contribution < 1.29 is 0 Å². The van der Waals surface area contributed by atoms with Crippen LogP contribution in [0.2, 0.25) is 0 Å². The first-order valence-corrected chi connectivity index (χ1v) is 8.15. The first-order valence-electron chi connectivity index (χ1n) is 8.15. The van der Waals surface area contributed by atoms with Crippen LogP contribution in [0.4, 0.5) is 0 Å². The highest BCUT2D eigenvalue weighted by atomic mass is 16.1. The van der Waals surface area contributed by atoms with Crippen LogP contribution in [0.25, 0.3) is 11.3 Å².